The molecular formula is C15H19F3N2O2S. The number of alkyl halides is 3. The monoisotopic (exact) mass is 348 g/mol. The number of fused-ring (bicyclic) bond motifs is 2. The molecule has 4 nitrogen and oxygen atoms in total. The molecule has 2 unspecified atom stereocenters. The van der Waals surface area contributed by atoms with E-state index in [2.05, 4.69) is 5.32 Å². The van der Waals surface area contributed by atoms with E-state index >= 15 is 0 Å². The maximum absolute atomic E-state index is 12.7. The lowest BCUT2D eigenvalue weighted by molar-refractivity contribution is -0.137. The van der Waals surface area contributed by atoms with E-state index in [-0.39, 0.29) is 11.6 Å². The molecule has 0 radical (unpaired) electrons. The maximum Gasteiger partial charge on any atom is 0.416 e. The minimum Gasteiger partial charge on any atom is -0.310 e. The van der Waals surface area contributed by atoms with E-state index in [0.29, 0.717) is 19.1 Å². The van der Waals surface area contributed by atoms with Gasteiger partial charge >= 0.3 is 6.18 Å². The summed E-state index contributed by atoms with van der Waals surface area (Å²) in [6, 6.07) is 5.05. The van der Waals surface area contributed by atoms with Gasteiger partial charge in [0, 0.05) is 25.2 Å². The van der Waals surface area contributed by atoms with Crippen LogP contribution in [-0.4, -0.2) is 37.9 Å². The summed E-state index contributed by atoms with van der Waals surface area (Å²) < 4.78 is 64.8. The van der Waals surface area contributed by atoms with Crippen LogP contribution in [0.2, 0.25) is 0 Å². The van der Waals surface area contributed by atoms with E-state index in [9.17, 15) is 21.6 Å². The van der Waals surface area contributed by atoms with Crippen molar-refractivity contribution in [3.8, 4) is 0 Å². The average Bonchev–Trinajstić information content (AvgIpc) is 2.76. The number of halogens is 3. The minimum absolute atomic E-state index is 0.152. The van der Waals surface area contributed by atoms with E-state index in [0.717, 1.165) is 31.4 Å². The van der Waals surface area contributed by atoms with Gasteiger partial charge in [-0.2, -0.15) is 13.2 Å². The number of hydrogen-bond donors (Lipinski definition) is 1. The normalized spacial score (nSPS) is 26.2. The minimum atomic E-state index is -4.47. The van der Waals surface area contributed by atoms with Gasteiger partial charge in [-0.25, -0.2) is 12.7 Å². The largest absolute Gasteiger partial charge is 0.416 e. The molecule has 2 saturated heterocycles. The van der Waals surface area contributed by atoms with E-state index in [1.807, 2.05) is 0 Å². The molecule has 0 aliphatic carbocycles. The van der Waals surface area contributed by atoms with Crippen LogP contribution in [0.4, 0.5) is 13.2 Å². The molecule has 1 N–H and O–H groups in total. The Bertz CT molecular complexity index is 676. The Kier molecular flexibility index (Phi) is 4.41. The Morgan fingerprint density at radius 3 is 2.65 bits per heavy atom. The highest BCUT2D eigenvalue weighted by Gasteiger charge is 2.35. The number of benzene rings is 1. The van der Waals surface area contributed by atoms with Crippen LogP contribution in [-0.2, 0) is 22.0 Å². The summed E-state index contributed by atoms with van der Waals surface area (Å²) in [6.45, 7) is 0.827. The molecule has 128 valence electrons. The van der Waals surface area contributed by atoms with Gasteiger partial charge in [0.25, 0.3) is 0 Å². The summed E-state index contributed by atoms with van der Waals surface area (Å²) in [7, 11) is -3.62. The molecule has 3 rings (SSSR count). The first-order chi connectivity index (χ1) is 10.7. The molecule has 23 heavy (non-hydrogen) atoms. The van der Waals surface area contributed by atoms with Crippen molar-refractivity contribution < 1.29 is 21.6 Å². The summed E-state index contributed by atoms with van der Waals surface area (Å²) in [5, 5.41) is 3.39. The maximum atomic E-state index is 12.7. The highest BCUT2D eigenvalue weighted by atomic mass is 32.2. The van der Waals surface area contributed by atoms with E-state index in [4.69, 9.17) is 0 Å². The molecule has 1 aromatic carbocycles. The van der Waals surface area contributed by atoms with Gasteiger partial charge in [-0.3, -0.25) is 0 Å². The zero-order valence-electron chi connectivity index (χ0n) is 12.5. The quantitative estimate of drug-likeness (QED) is 0.912. The van der Waals surface area contributed by atoms with Crippen molar-refractivity contribution in [2.75, 3.05) is 13.1 Å². The summed E-state index contributed by atoms with van der Waals surface area (Å²) >= 11 is 0. The predicted molar refractivity (Wildman–Crippen MR) is 80.2 cm³/mol. The first-order valence-electron chi connectivity index (χ1n) is 7.64. The third-order valence-corrected chi connectivity index (χ3v) is 6.30. The van der Waals surface area contributed by atoms with Crippen LogP contribution in [0.5, 0.6) is 0 Å². The number of rotatable bonds is 3. The van der Waals surface area contributed by atoms with Gasteiger partial charge < -0.3 is 5.32 Å². The van der Waals surface area contributed by atoms with Gasteiger partial charge in [0.2, 0.25) is 10.0 Å². The first-order valence-corrected chi connectivity index (χ1v) is 9.25. The van der Waals surface area contributed by atoms with E-state index < -0.39 is 27.5 Å². The van der Waals surface area contributed by atoms with Crippen LogP contribution < -0.4 is 5.32 Å². The van der Waals surface area contributed by atoms with Gasteiger partial charge in [0.05, 0.1) is 11.3 Å². The van der Waals surface area contributed by atoms with Crippen LogP contribution in [0, 0.1) is 0 Å². The SMILES string of the molecule is O=S(=O)(Cc1cccc(C(F)(F)F)c1)N1CCC2CCC(C1)N2. The Morgan fingerprint density at radius 1 is 1.17 bits per heavy atom. The van der Waals surface area contributed by atoms with Gasteiger partial charge in [-0.05, 0) is 30.9 Å². The third kappa shape index (κ3) is 3.87. The molecule has 0 spiro atoms. The summed E-state index contributed by atoms with van der Waals surface area (Å²) in [5.41, 5.74) is -0.649. The summed E-state index contributed by atoms with van der Waals surface area (Å²) in [5.74, 6) is -0.395. The number of hydrogen-bond acceptors (Lipinski definition) is 3. The molecule has 0 amide bonds. The van der Waals surface area contributed by atoms with Crippen LogP contribution in [0.15, 0.2) is 24.3 Å². The van der Waals surface area contributed by atoms with Crippen LogP contribution in [0.25, 0.3) is 0 Å². The number of nitrogens with zero attached hydrogens (tertiary/aromatic N) is 1. The van der Waals surface area contributed by atoms with Gasteiger partial charge in [0.1, 0.15) is 0 Å². The van der Waals surface area contributed by atoms with E-state index in [1.165, 1.54) is 16.4 Å². The summed E-state index contributed by atoms with van der Waals surface area (Å²) in [6.07, 6.45) is -1.71. The Balaban J connectivity index is 1.76. The van der Waals surface area contributed by atoms with Crippen LogP contribution in [0.1, 0.15) is 30.4 Å². The summed E-state index contributed by atoms with van der Waals surface area (Å²) in [4.78, 5) is 0. The molecule has 2 aliphatic heterocycles. The predicted octanol–water partition coefficient (Wildman–Crippen LogP) is 2.36. The fourth-order valence-electron chi connectivity index (χ4n) is 3.30. The molecule has 2 fully saturated rings. The molecule has 0 saturated carbocycles. The van der Waals surface area contributed by atoms with Crippen molar-refractivity contribution in [1.29, 1.82) is 0 Å². The van der Waals surface area contributed by atoms with Crippen LogP contribution >= 0.6 is 0 Å². The highest BCUT2D eigenvalue weighted by Crippen LogP contribution is 2.30. The molecule has 2 aliphatic rings. The molecular weight excluding hydrogens is 329 g/mol. The second-order valence-electron chi connectivity index (χ2n) is 6.24. The molecule has 2 heterocycles. The van der Waals surface area contributed by atoms with Crippen molar-refractivity contribution in [3.63, 3.8) is 0 Å². The molecule has 1 aromatic rings. The van der Waals surface area contributed by atoms with Crippen molar-refractivity contribution >= 4 is 10.0 Å². The fraction of sp³-hybridized carbons (Fsp3) is 0.600. The lowest BCUT2D eigenvalue weighted by Gasteiger charge is -2.23. The van der Waals surface area contributed by atoms with Crippen molar-refractivity contribution in [2.24, 2.45) is 0 Å². The van der Waals surface area contributed by atoms with Crippen LogP contribution in [0.3, 0.4) is 0 Å². The van der Waals surface area contributed by atoms with Crippen molar-refractivity contribution in [3.05, 3.63) is 35.4 Å². The van der Waals surface area contributed by atoms with Gasteiger partial charge in [-0.1, -0.05) is 18.2 Å². The molecule has 2 atom stereocenters. The second-order valence-corrected chi connectivity index (χ2v) is 8.21. The highest BCUT2D eigenvalue weighted by molar-refractivity contribution is 7.88. The Labute approximate surface area is 133 Å². The van der Waals surface area contributed by atoms with Gasteiger partial charge in [0.15, 0.2) is 0 Å². The first kappa shape index (κ1) is 16.7. The smallest absolute Gasteiger partial charge is 0.310 e. The number of sulfonamides is 1. The molecule has 2 bridgehead atoms. The third-order valence-electron chi connectivity index (χ3n) is 4.48. The van der Waals surface area contributed by atoms with E-state index in [1.54, 1.807) is 0 Å². The Hall–Kier alpha value is -1.12. The molecule has 0 aromatic heterocycles. The van der Waals surface area contributed by atoms with Crippen molar-refractivity contribution in [2.45, 2.75) is 43.3 Å². The average molecular weight is 348 g/mol. The zero-order chi connectivity index (χ0) is 16.7. The zero-order valence-corrected chi connectivity index (χ0v) is 13.3. The number of nitrogens with one attached hydrogen (secondary N) is 1. The molecule has 8 heteroatoms. The van der Waals surface area contributed by atoms with Gasteiger partial charge in [-0.15, -0.1) is 0 Å². The topological polar surface area (TPSA) is 49.4 Å². The second kappa shape index (κ2) is 6.07. The lowest BCUT2D eigenvalue weighted by atomic mass is 10.1. The lowest BCUT2D eigenvalue weighted by Crippen LogP contribution is -2.39. The van der Waals surface area contributed by atoms with Crippen molar-refractivity contribution in [1.82, 2.24) is 9.62 Å². The fourth-order valence-corrected chi connectivity index (χ4v) is 4.88. The Morgan fingerprint density at radius 2 is 1.91 bits per heavy atom. The standard InChI is InChI=1S/C15H19F3N2O2S/c16-15(17,18)12-3-1-2-11(8-12)10-23(21,22)20-7-6-13-4-5-14(9-20)19-13/h1-3,8,13-14,19H,4-7,9-10H2.